The smallest absolute Gasteiger partial charge is 0.316 e. The topological polar surface area (TPSA) is 93.2 Å². The van der Waals surface area contributed by atoms with Crippen molar-refractivity contribution < 1.29 is 28.7 Å². The highest BCUT2D eigenvalue weighted by Crippen LogP contribution is 2.31. The number of nitrogens with zero attached hydrogens (tertiary/aromatic N) is 2. The molecule has 0 aliphatic carbocycles. The minimum absolute atomic E-state index is 0.0682. The summed E-state index contributed by atoms with van der Waals surface area (Å²) in [6, 6.07) is 11.8. The van der Waals surface area contributed by atoms with Crippen molar-refractivity contribution in [1.29, 1.82) is 0 Å². The van der Waals surface area contributed by atoms with E-state index in [4.69, 9.17) is 9.47 Å². The van der Waals surface area contributed by atoms with E-state index < -0.39 is 11.9 Å². The predicted octanol–water partition coefficient (Wildman–Crippen LogP) is 2.62. The highest BCUT2D eigenvalue weighted by molar-refractivity contribution is 6.20. The number of rotatable bonds is 5. The van der Waals surface area contributed by atoms with Gasteiger partial charge in [-0.2, -0.15) is 0 Å². The number of methoxy groups -OCH3 is 1. The molecule has 8 heteroatoms. The molecule has 8 nitrogen and oxygen atoms in total. The Hall–Kier alpha value is -3.68. The Bertz CT molecular complexity index is 1050. The first kappa shape index (κ1) is 20.6. The van der Waals surface area contributed by atoms with Gasteiger partial charge in [0.15, 0.2) is 0 Å². The van der Waals surface area contributed by atoms with E-state index in [0.717, 1.165) is 0 Å². The minimum atomic E-state index is -0.587. The molecule has 4 rings (SSSR count). The molecule has 2 heterocycles. The number of anilines is 2. The molecule has 2 aromatic carbocycles. The molecule has 0 aromatic heterocycles. The maximum Gasteiger partial charge on any atom is 0.316 e. The molecule has 2 aliphatic heterocycles. The lowest BCUT2D eigenvalue weighted by Gasteiger charge is -2.18. The summed E-state index contributed by atoms with van der Waals surface area (Å²) >= 11 is 0. The molecular formula is C23H22N2O6. The zero-order valence-electron chi connectivity index (χ0n) is 17.3. The fraction of sp³-hybridized carbons (Fsp3) is 0.304. The first-order chi connectivity index (χ1) is 14.9. The molecule has 3 amide bonds. The van der Waals surface area contributed by atoms with Crippen LogP contribution in [0, 0.1) is 12.8 Å². The van der Waals surface area contributed by atoms with Gasteiger partial charge in [-0.15, -0.1) is 0 Å². The maximum absolute atomic E-state index is 12.7. The second kappa shape index (κ2) is 8.22. The van der Waals surface area contributed by atoms with E-state index in [1.54, 1.807) is 61.4 Å². The average Bonchev–Trinajstić information content (AvgIpc) is 3.30. The number of amides is 3. The number of carbonyl (C=O) groups excluding carboxylic acids is 4. The molecule has 160 valence electrons. The van der Waals surface area contributed by atoms with Crippen molar-refractivity contribution >= 4 is 35.1 Å². The molecule has 2 saturated heterocycles. The van der Waals surface area contributed by atoms with Crippen LogP contribution in [0.2, 0.25) is 0 Å². The summed E-state index contributed by atoms with van der Waals surface area (Å²) in [4.78, 5) is 51.7. The van der Waals surface area contributed by atoms with Crippen molar-refractivity contribution in [3.63, 3.8) is 0 Å². The van der Waals surface area contributed by atoms with Gasteiger partial charge in [0, 0.05) is 31.5 Å². The Labute approximate surface area is 179 Å². The second-order valence-electron chi connectivity index (χ2n) is 7.60. The normalized spacial score (nSPS) is 18.6. The molecule has 31 heavy (non-hydrogen) atoms. The van der Waals surface area contributed by atoms with E-state index in [2.05, 4.69) is 0 Å². The van der Waals surface area contributed by atoms with E-state index in [1.807, 2.05) is 0 Å². The van der Waals surface area contributed by atoms with E-state index >= 15 is 0 Å². The number of carbonyl (C=O) groups is 4. The Morgan fingerprint density at radius 2 is 1.58 bits per heavy atom. The van der Waals surface area contributed by atoms with Gasteiger partial charge in [0.05, 0.1) is 18.7 Å². The summed E-state index contributed by atoms with van der Waals surface area (Å²) in [5.41, 5.74) is 1.84. The Morgan fingerprint density at radius 1 is 0.935 bits per heavy atom. The quantitative estimate of drug-likeness (QED) is 0.418. The first-order valence-electron chi connectivity index (χ1n) is 10.00. The van der Waals surface area contributed by atoms with Crippen LogP contribution in [0.1, 0.15) is 24.8 Å². The van der Waals surface area contributed by atoms with Gasteiger partial charge in [0.2, 0.25) is 17.7 Å². The van der Waals surface area contributed by atoms with Crippen molar-refractivity contribution in [1.82, 2.24) is 0 Å². The van der Waals surface area contributed by atoms with Gasteiger partial charge in [-0.1, -0.05) is 0 Å². The molecule has 2 aromatic rings. The number of esters is 1. The monoisotopic (exact) mass is 422 g/mol. The minimum Gasteiger partial charge on any atom is -0.497 e. The van der Waals surface area contributed by atoms with Crippen LogP contribution in [-0.4, -0.2) is 37.3 Å². The summed E-state index contributed by atoms with van der Waals surface area (Å²) < 4.78 is 10.6. The Kier molecular flexibility index (Phi) is 5.46. The van der Waals surface area contributed by atoms with Crippen molar-refractivity contribution in [3.05, 3.63) is 48.0 Å². The Morgan fingerprint density at radius 3 is 2.19 bits per heavy atom. The number of imide groups is 1. The number of ether oxygens (including phenoxy) is 2. The van der Waals surface area contributed by atoms with Crippen molar-refractivity contribution in [2.24, 2.45) is 5.92 Å². The molecule has 2 fully saturated rings. The largest absolute Gasteiger partial charge is 0.497 e. The molecule has 2 aliphatic rings. The van der Waals surface area contributed by atoms with E-state index in [0.29, 0.717) is 28.4 Å². The van der Waals surface area contributed by atoms with Crippen LogP contribution in [0.25, 0.3) is 0 Å². The zero-order valence-corrected chi connectivity index (χ0v) is 17.3. The van der Waals surface area contributed by atoms with Crippen LogP contribution >= 0.6 is 0 Å². The van der Waals surface area contributed by atoms with Crippen LogP contribution in [0.4, 0.5) is 11.4 Å². The van der Waals surface area contributed by atoms with Crippen molar-refractivity contribution in [2.75, 3.05) is 23.5 Å². The van der Waals surface area contributed by atoms with Crippen molar-refractivity contribution in [2.45, 2.75) is 26.2 Å². The Balaban J connectivity index is 1.43. The van der Waals surface area contributed by atoms with Gasteiger partial charge >= 0.3 is 5.97 Å². The lowest BCUT2D eigenvalue weighted by atomic mass is 10.1. The fourth-order valence-electron chi connectivity index (χ4n) is 3.86. The SMILES string of the molecule is COc1ccc(N2C[C@H](C(=O)Oc3ccc(N4C(=O)CCC4=O)c(C)c3)CC2=O)cc1. The van der Waals surface area contributed by atoms with Gasteiger partial charge < -0.3 is 14.4 Å². The van der Waals surface area contributed by atoms with Crippen LogP contribution in [-0.2, 0) is 19.2 Å². The van der Waals surface area contributed by atoms with Gasteiger partial charge in [-0.3, -0.25) is 24.1 Å². The van der Waals surface area contributed by atoms with E-state index in [1.165, 1.54) is 4.90 Å². The average molecular weight is 422 g/mol. The highest BCUT2D eigenvalue weighted by atomic mass is 16.5. The molecule has 0 radical (unpaired) electrons. The molecule has 0 bridgehead atoms. The molecule has 0 unspecified atom stereocenters. The summed E-state index contributed by atoms with van der Waals surface area (Å²) in [7, 11) is 1.57. The molecule has 0 saturated carbocycles. The predicted molar refractivity (Wildman–Crippen MR) is 112 cm³/mol. The summed E-state index contributed by atoms with van der Waals surface area (Å²) in [6.45, 7) is 1.98. The number of aryl methyl sites for hydroxylation is 1. The van der Waals surface area contributed by atoms with Gasteiger partial charge in [0.25, 0.3) is 0 Å². The number of benzene rings is 2. The zero-order chi connectivity index (χ0) is 22.1. The third-order valence-corrected chi connectivity index (χ3v) is 5.52. The first-order valence-corrected chi connectivity index (χ1v) is 10.00. The molecule has 0 spiro atoms. The number of hydrogen-bond acceptors (Lipinski definition) is 6. The molecular weight excluding hydrogens is 400 g/mol. The van der Waals surface area contributed by atoms with Crippen LogP contribution < -0.4 is 19.3 Å². The third-order valence-electron chi connectivity index (χ3n) is 5.52. The van der Waals surface area contributed by atoms with Crippen LogP contribution in [0.15, 0.2) is 42.5 Å². The van der Waals surface area contributed by atoms with Crippen LogP contribution in [0.3, 0.4) is 0 Å². The summed E-state index contributed by atoms with van der Waals surface area (Å²) in [5.74, 6) is -0.712. The van der Waals surface area contributed by atoms with Crippen molar-refractivity contribution in [3.8, 4) is 11.5 Å². The summed E-state index contributed by atoms with van der Waals surface area (Å²) in [6.07, 6.45) is 0.476. The van der Waals surface area contributed by atoms with E-state index in [9.17, 15) is 19.2 Å². The second-order valence-corrected chi connectivity index (χ2v) is 7.60. The standard InChI is InChI=1S/C23H22N2O6/c1-14-11-18(7-8-19(14)25-20(26)9-10-21(25)27)31-23(29)15-12-22(28)24(13-15)16-3-5-17(30-2)6-4-16/h3-8,11,15H,9-10,12-13H2,1-2H3/t15-/m1/s1. The highest BCUT2D eigenvalue weighted by Gasteiger charge is 2.37. The molecule has 1 atom stereocenters. The van der Waals surface area contributed by atoms with Gasteiger partial charge in [-0.05, 0) is 55.0 Å². The third kappa shape index (κ3) is 4.01. The lowest BCUT2D eigenvalue weighted by molar-refractivity contribution is -0.139. The fourth-order valence-corrected chi connectivity index (χ4v) is 3.86. The van der Waals surface area contributed by atoms with Crippen LogP contribution in [0.5, 0.6) is 11.5 Å². The lowest BCUT2D eigenvalue weighted by Crippen LogP contribution is -2.29. The maximum atomic E-state index is 12.7. The molecule has 0 N–H and O–H groups in total. The van der Waals surface area contributed by atoms with E-state index in [-0.39, 0.29) is 43.5 Å². The number of hydrogen-bond donors (Lipinski definition) is 0. The van der Waals surface area contributed by atoms with Gasteiger partial charge in [0.1, 0.15) is 11.5 Å². The summed E-state index contributed by atoms with van der Waals surface area (Å²) in [5, 5.41) is 0. The van der Waals surface area contributed by atoms with Gasteiger partial charge in [-0.25, -0.2) is 0 Å².